The molecule has 4 heteroatoms. The second kappa shape index (κ2) is 4.97. The van der Waals surface area contributed by atoms with Crippen molar-refractivity contribution in [2.45, 2.75) is 46.0 Å². The quantitative estimate of drug-likeness (QED) is 0.775. The summed E-state index contributed by atoms with van der Waals surface area (Å²) in [5, 5.41) is 8.53. The SMILES string of the molecule is Cc1ccc(-c2nnc(CCl)n2C(C)(C)C)cc1C. The van der Waals surface area contributed by atoms with Gasteiger partial charge in [-0.2, -0.15) is 0 Å². The molecule has 0 aliphatic carbocycles. The summed E-state index contributed by atoms with van der Waals surface area (Å²) in [4.78, 5) is 0. The average molecular weight is 278 g/mol. The molecule has 0 saturated heterocycles. The highest BCUT2D eigenvalue weighted by Crippen LogP contribution is 2.27. The Morgan fingerprint density at radius 3 is 2.32 bits per heavy atom. The van der Waals surface area contributed by atoms with Gasteiger partial charge in [0.1, 0.15) is 5.82 Å². The third kappa shape index (κ3) is 2.66. The lowest BCUT2D eigenvalue weighted by Crippen LogP contribution is -2.24. The van der Waals surface area contributed by atoms with E-state index >= 15 is 0 Å². The van der Waals surface area contributed by atoms with E-state index < -0.39 is 0 Å². The molecule has 3 nitrogen and oxygen atoms in total. The maximum Gasteiger partial charge on any atom is 0.164 e. The highest BCUT2D eigenvalue weighted by atomic mass is 35.5. The summed E-state index contributed by atoms with van der Waals surface area (Å²) in [6.07, 6.45) is 0. The van der Waals surface area contributed by atoms with E-state index in [4.69, 9.17) is 11.6 Å². The van der Waals surface area contributed by atoms with Crippen molar-refractivity contribution in [3.8, 4) is 11.4 Å². The van der Waals surface area contributed by atoms with E-state index in [9.17, 15) is 0 Å². The Kier molecular flexibility index (Phi) is 3.68. The van der Waals surface area contributed by atoms with Gasteiger partial charge in [0.05, 0.1) is 5.88 Å². The van der Waals surface area contributed by atoms with Gasteiger partial charge < -0.3 is 4.57 Å². The number of nitrogens with zero attached hydrogens (tertiary/aromatic N) is 3. The third-order valence-corrected chi connectivity index (χ3v) is 3.52. The maximum atomic E-state index is 5.97. The fraction of sp³-hybridized carbons (Fsp3) is 0.467. The van der Waals surface area contributed by atoms with E-state index in [1.54, 1.807) is 0 Å². The zero-order valence-corrected chi connectivity index (χ0v) is 12.9. The van der Waals surface area contributed by atoms with Crippen LogP contribution < -0.4 is 0 Å². The van der Waals surface area contributed by atoms with Crippen LogP contribution in [0.3, 0.4) is 0 Å². The fourth-order valence-electron chi connectivity index (χ4n) is 2.18. The first-order chi connectivity index (χ1) is 8.84. The topological polar surface area (TPSA) is 30.7 Å². The summed E-state index contributed by atoms with van der Waals surface area (Å²) < 4.78 is 2.12. The van der Waals surface area contributed by atoms with E-state index in [0.717, 1.165) is 17.2 Å². The second-order valence-electron chi connectivity index (χ2n) is 5.88. The smallest absolute Gasteiger partial charge is 0.164 e. The molecule has 0 fully saturated rings. The molecular formula is C15H20ClN3. The van der Waals surface area contributed by atoms with E-state index in [1.807, 2.05) is 0 Å². The van der Waals surface area contributed by atoms with Crippen molar-refractivity contribution in [3.05, 3.63) is 35.2 Å². The van der Waals surface area contributed by atoms with Gasteiger partial charge in [0.2, 0.25) is 0 Å². The van der Waals surface area contributed by atoms with Gasteiger partial charge in [-0.25, -0.2) is 0 Å². The largest absolute Gasteiger partial charge is 0.305 e. The van der Waals surface area contributed by atoms with E-state index in [1.165, 1.54) is 11.1 Å². The predicted octanol–water partition coefficient (Wildman–Crippen LogP) is 4.06. The van der Waals surface area contributed by atoms with Gasteiger partial charge in [0, 0.05) is 11.1 Å². The van der Waals surface area contributed by atoms with Crippen LogP contribution in [0.5, 0.6) is 0 Å². The molecule has 1 aromatic heterocycles. The first-order valence-electron chi connectivity index (χ1n) is 6.43. The number of benzene rings is 1. The van der Waals surface area contributed by atoms with Gasteiger partial charge in [0.15, 0.2) is 5.82 Å². The number of alkyl halides is 1. The summed E-state index contributed by atoms with van der Waals surface area (Å²) in [6.45, 7) is 10.6. The standard InChI is InChI=1S/C15H20ClN3/c1-10-6-7-12(8-11(10)2)14-18-17-13(9-16)19(14)15(3,4)5/h6-8H,9H2,1-5H3. The lowest BCUT2D eigenvalue weighted by Gasteiger charge is -2.24. The minimum Gasteiger partial charge on any atom is -0.305 e. The van der Waals surface area contributed by atoms with Gasteiger partial charge in [0.25, 0.3) is 0 Å². The zero-order chi connectivity index (χ0) is 14.2. The molecule has 0 aliphatic heterocycles. The van der Waals surface area contributed by atoms with Crippen molar-refractivity contribution in [1.29, 1.82) is 0 Å². The summed E-state index contributed by atoms with van der Waals surface area (Å²) in [7, 11) is 0. The lowest BCUT2D eigenvalue weighted by molar-refractivity contribution is 0.390. The Hall–Kier alpha value is -1.35. The highest BCUT2D eigenvalue weighted by Gasteiger charge is 2.23. The van der Waals surface area contributed by atoms with Crippen LogP contribution in [0, 0.1) is 13.8 Å². The van der Waals surface area contributed by atoms with Crippen LogP contribution in [0.1, 0.15) is 37.7 Å². The van der Waals surface area contributed by atoms with E-state index in [-0.39, 0.29) is 5.54 Å². The Labute approximate surface area is 119 Å². The van der Waals surface area contributed by atoms with Gasteiger partial charge >= 0.3 is 0 Å². The number of rotatable bonds is 2. The van der Waals surface area contributed by atoms with E-state index in [2.05, 4.69) is 67.6 Å². The van der Waals surface area contributed by atoms with Crippen LogP contribution in [-0.4, -0.2) is 14.8 Å². The third-order valence-electron chi connectivity index (χ3n) is 3.29. The maximum absolute atomic E-state index is 5.97. The molecule has 102 valence electrons. The number of halogens is 1. The van der Waals surface area contributed by atoms with Crippen molar-refractivity contribution in [2.75, 3.05) is 0 Å². The van der Waals surface area contributed by atoms with Crippen molar-refractivity contribution in [3.63, 3.8) is 0 Å². The van der Waals surface area contributed by atoms with Crippen LogP contribution in [0.4, 0.5) is 0 Å². The number of aryl methyl sites for hydroxylation is 2. The molecule has 0 atom stereocenters. The molecule has 1 heterocycles. The molecule has 2 aromatic rings. The fourth-order valence-corrected chi connectivity index (χ4v) is 2.35. The lowest BCUT2D eigenvalue weighted by atomic mass is 10.0. The molecule has 0 unspecified atom stereocenters. The zero-order valence-electron chi connectivity index (χ0n) is 12.2. The molecule has 0 radical (unpaired) electrons. The molecule has 2 rings (SSSR count). The first-order valence-corrected chi connectivity index (χ1v) is 6.96. The van der Waals surface area contributed by atoms with Crippen molar-refractivity contribution < 1.29 is 0 Å². The molecule has 0 N–H and O–H groups in total. The van der Waals surface area contributed by atoms with Crippen molar-refractivity contribution in [1.82, 2.24) is 14.8 Å². The van der Waals surface area contributed by atoms with E-state index in [0.29, 0.717) is 5.88 Å². The molecule has 0 spiro atoms. The summed E-state index contributed by atoms with van der Waals surface area (Å²) in [5.74, 6) is 2.06. The van der Waals surface area contributed by atoms with Gasteiger partial charge in [-0.15, -0.1) is 21.8 Å². The minimum atomic E-state index is -0.0954. The highest BCUT2D eigenvalue weighted by molar-refractivity contribution is 6.16. The summed E-state index contributed by atoms with van der Waals surface area (Å²) >= 11 is 5.97. The summed E-state index contributed by atoms with van der Waals surface area (Å²) in [6, 6.07) is 6.36. The molecule has 19 heavy (non-hydrogen) atoms. The number of hydrogen-bond acceptors (Lipinski definition) is 2. The van der Waals surface area contributed by atoms with Crippen LogP contribution in [0.15, 0.2) is 18.2 Å². The van der Waals surface area contributed by atoms with Crippen LogP contribution in [0.2, 0.25) is 0 Å². The molecule has 0 bridgehead atoms. The first kappa shape index (κ1) is 14.1. The molecule has 0 saturated carbocycles. The Bertz CT molecular complexity index is 594. The normalized spacial score (nSPS) is 11.9. The summed E-state index contributed by atoms with van der Waals surface area (Å²) in [5.41, 5.74) is 3.53. The van der Waals surface area contributed by atoms with Gasteiger partial charge in [-0.1, -0.05) is 12.1 Å². The minimum absolute atomic E-state index is 0.0954. The van der Waals surface area contributed by atoms with Crippen molar-refractivity contribution in [2.24, 2.45) is 0 Å². The molecule has 0 amide bonds. The monoisotopic (exact) mass is 277 g/mol. The van der Waals surface area contributed by atoms with Gasteiger partial charge in [-0.3, -0.25) is 0 Å². The van der Waals surface area contributed by atoms with Crippen LogP contribution in [0.25, 0.3) is 11.4 Å². The Balaban J connectivity index is 2.62. The molecule has 1 aromatic carbocycles. The number of hydrogen-bond donors (Lipinski definition) is 0. The molecular weight excluding hydrogens is 258 g/mol. The van der Waals surface area contributed by atoms with Crippen LogP contribution >= 0.6 is 11.6 Å². The Morgan fingerprint density at radius 2 is 1.79 bits per heavy atom. The van der Waals surface area contributed by atoms with Crippen LogP contribution in [-0.2, 0) is 11.4 Å². The Morgan fingerprint density at radius 1 is 1.11 bits per heavy atom. The number of aromatic nitrogens is 3. The van der Waals surface area contributed by atoms with Crippen molar-refractivity contribution >= 4 is 11.6 Å². The second-order valence-corrected chi connectivity index (χ2v) is 6.15. The predicted molar refractivity (Wildman–Crippen MR) is 79.5 cm³/mol. The average Bonchev–Trinajstić information content (AvgIpc) is 2.76. The van der Waals surface area contributed by atoms with Gasteiger partial charge in [-0.05, 0) is 51.8 Å². The molecule has 0 aliphatic rings.